The van der Waals surface area contributed by atoms with E-state index in [0.717, 1.165) is 11.3 Å². The SMILES string of the molecule is C=CCn1c(COc2cccc(C)c2)nnc1SCC(=O)Nc1cccc(C(=O)OC)c1. The zero-order valence-electron chi connectivity index (χ0n) is 17.9. The minimum absolute atomic E-state index is 0.121. The monoisotopic (exact) mass is 452 g/mol. The van der Waals surface area contributed by atoms with Crippen LogP contribution in [0.3, 0.4) is 0 Å². The van der Waals surface area contributed by atoms with Crippen molar-refractivity contribution in [1.82, 2.24) is 14.8 Å². The minimum atomic E-state index is -0.464. The van der Waals surface area contributed by atoms with Crippen LogP contribution in [-0.2, 0) is 22.7 Å². The predicted molar refractivity (Wildman–Crippen MR) is 123 cm³/mol. The van der Waals surface area contributed by atoms with Crippen LogP contribution >= 0.6 is 11.8 Å². The maximum atomic E-state index is 12.4. The fourth-order valence-electron chi connectivity index (χ4n) is 2.87. The topological polar surface area (TPSA) is 95.3 Å². The van der Waals surface area contributed by atoms with E-state index >= 15 is 0 Å². The molecule has 2 aromatic carbocycles. The van der Waals surface area contributed by atoms with E-state index in [9.17, 15) is 9.59 Å². The number of nitrogens with zero attached hydrogens (tertiary/aromatic N) is 3. The molecule has 0 atom stereocenters. The van der Waals surface area contributed by atoms with Crippen LogP contribution in [0.15, 0.2) is 66.3 Å². The van der Waals surface area contributed by atoms with Gasteiger partial charge in [0.2, 0.25) is 5.91 Å². The molecule has 32 heavy (non-hydrogen) atoms. The number of ether oxygens (including phenoxy) is 2. The van der Waals surface area contributed by atoms with Crippen molar-refractivity contribution in [3.05, 3.63) is 78.1 Å². The molecule has 0 radical (unpaired) electrons. The van der Waals surface area contributed by atoms with Crippen LogP contribution < -0.4 is 10.1 Å². The predicted octanol–water partition coefficient (Wildman–Crippen LogP) is 3.87. The van der Waals surface area contributed by atoms with Crippen LogP contribution in [0.2, 0.25) is 0 Å². The molecule has 0 saturated heterocycles. The summed E-state index contributed by atoms with van der Waals surface area (Å²) in [7, 11) is 1.31. The number of carbonyl (C=O) groups excluding carboxylic acids is 2. The zero-order chi connectivity index (χ0) is 22.9. The molecule has 0 aliphatic carbocycles. The van der Waals surface area contributed by atoms with E-state index in [0.29, 0.717) is 28.8 Å². The number of benzene rings is 2. The molecular weight excluding hydrogens is 428 g/mol. The van der Waals surface area contributed by atoms with Crippen molar-refractivity contribution in [3.8, 4) is 5.75 Å². The second-order valence-corrected chi connectivity index (χ2v) is 7.76. The lowest BCUT2D eigenvalue weighted by Crippen LogP contribution is -2.15. The molecule has 8 nitrogen and oxygen atoms in total. The highest BCUT2D eigenvalue weighted by atomic mass is 32.2. The molecule has 166 valence electrons. The molecule has 9 heteroatoms. The largest absolute Gasteiger partial charge is 0.486 e. The molecular formula is C23H24N4O4S. The number of hydrogen-bond donors (Lipinski definition) is 1. The van der Waals surface area contributed by atoms with Gasteiger partial charge in [0.15, 0.2) is 11.0 Å². The molecule has 0 saturated carbocycles. The Morgan fingerprint density at radius 1 is 1.19 bits per heavy atom. The van der Waals surface area contributed by atoms with Crippen LogP contribution in [0.5, 0.6) is 5.75 Å². The lowest BCUT2D eigenvalue weighted by atomic mass is 10.2. The van der Waals surface area contributed by atoms with E-state index in [1.54, 1.807) is 30.3 Å². The van der Waals surface area contributed by atoms with Crippen LogP contribution in [0.25, 0.3) is 0 Å². The quantitative estimate of drug-likeness (QED) is 0.283. The number of esters is 1. The summed E-state index contributed by atoms with van der Waals surface area (Å²) < 4.78 is 12.4. The van der Waals surface area contributed by atoms with Crippen LogP contribution in [-0.4, -0.2) is 39.5 Å². The van der Waals surface area contributed by atoms with E-state index in [1.807, 2.05) is 35.8 Å². The molecule has 0 fully saturated rings. The summed E-state index contributed by atoms with van der Waals surface area (Å²) in [5.41, 5.74) is 1.98. The highest BCUT2D eigenvalue weighted by molar-refractivity contribution is 7.99. The Bertz CT molecular complexity index is 1110. The van der Waals surface area contributed by atoms with Gasteiger partial charge in [0.1, 0.15) is 12.4 Å². The number of rotatable bonds is 10. The summed E-state index contributed by atoms with van der Waals surface area (Å²) in [4.78, 5) is 24.1. The van der Waals surface area contributed by atoms with Crippen LogP contribution in [0.4, 0.5) is 5.69 Å². The van der Waals surface area contributed by atoms with Crippen molar-refractivity contribution in [2.75, 3.05) is 18.2 Å². The summed E-state index contributed by atoms with van der Waals surface area (Å²) in [6.07, 6.45) is 1.74. The number of hydrogen-bond acceptors (Lipinski definition) is 7. The fourth-order valence-corrected chi connectivity index (χ4v) is 3.63. The molecule has 1 aromatic heterocycles. The molecule has 3 aromatic rings. The van der Waals surface area contributed by atoms with Gasteiger partial charge in [-0.3, -0.25) is 9.36 Å². The Kier molecular flexibility index (Phi) is 8.04. The van der Waals surface area contributed by atoms with E-state index in [4.69, 9.17) is 9.47 Å². The first-order valence-electron chi connectivity index (χ1n) is 9.83. The van der Waals surface area contributed by atoms with E-state index in [2.05, 4.69) is 22.1 Å². The summed E-state index contributed by atoms with van der Waals surface area (Å²) in [5.74, 6) is 0.813. The zero-order valence-corrected chi connectivity index (χ0v) is 18.7. The number of aryl methyl sites for hydroxylation is 1. The third-order valence-corrected chi connectivity index (χ3v) is 5.33. The lowest BCUT2D eigenvalue weighted by molar-refractivity contribution is -0.113. The first-order valence-corrected chi connectivity index (χ1v) is 10.8. The van der Waals surface area contributed by atoms with Gasteiger partial charge >= 0.3 is 5.97 Å². The van der Waals surface area contributed by atoms with Gasteiger partial charge in [-0.1, -0.05) is 36.0 Å². The normalized spacial score (nSPS) is 10.4. The summed E-state index contributed by atoms with van der Waals surface area (Å²) in [6, 6.07) is 14.3. The number of aromatic nitrogens is 3. The van der Waals surface area contributed by atoms with E-state index in [1.165, 1.54) is 18.9 Å². The van der Waals surface area contributed by atoms with Crippen LogP contribution in [0, 0.1) is 6.92 Å². The molecule has 0 spiro atoms. The maximum Gasteiger partial charge on any atom is 0.337 e. The number of allylic oxidation sites excluding steroid dienone is 1. The first kappa shape index (κ1) is 23.1. The van der Waals surface area contributed by atoms with Crippen molar-refractivity contribution < 1.29 is 19.1 Å². The molecule has 0 unspecified atom stereocenters. The third-order valence-electron chi connectivity index (χ3n) is 4.36. The Morgan fingerprint density at radius 3 is 2.75 bits per heavy atom. The Morgan fingerprint density at radius 2 is 2.00 bits per heavy atom. The summed E-state index contributed by atoms with van der Waals surface area (Å²) in [6.45, 7) is 6.52. The standard InChI is InChI=1S/C23H24N4O4S/c1-4-11-27-20(14-31-19-10-5-7-16(2)12-19)25-26-23(27)32-15-21(28)24-18-9-6-8-17(13-18)22(29)30-3/h4-10,12-13H,1,11,14-15H2,2-3H3,(H,24,28). The second-order valence-electron chi connectivity index (χ2n) is 6.81. The van der Waals surface area contributed by atoms with Gasteiger partial charge < -0.3 is 14.8 Å². The molecule has 0 bridgehead atoms. The van der Waals surface area contributed by atoms with Gasteiger partial charge in [-0.05, 0) is 42.8 Å². The van der Waals surface area contributed by atoms with Gasteiger partial charge in [0, 0.05) is 12.2 Å². The van der Waals surface area contributed by atoms with Gasteiger partial charge in [-0.25, -0.2) is 4.79 Å². The average Bonchev–Trinajstić information content (AvgIpc) is 3.17. The number of methoxy groups -OCH3 is 1. The van der Waals surface area contributed by atoms with Gasteiger partial charge in [-0.2, -0.15) is 0 Å². The first-order chi connectivity index (χ1) is 15.5. The van der Waals surface area contributed by atoms with Crippen molar-refractivity contribution >= 4 is 29.3 Å². The van der Waals surface area contributed by atoms with Crippen molar-refractivity contribution in [3.63, 3.8) is 0 Å². The molecule has 0 aliphatic heterocycles. The third kappa shape index (κ3) is 6.21. The molecule has 0 aliphatic rings. The second kappa shape index (κ2) is 11.1. The van der Waals surface area contributed by atoms with E-state index in [-0.39, 0.29) is 18.3 Å². The van der Waals surface area contributed by atoms with Gasteiger partial charge in [-0.15, -0.1) is 16.8 Å². The highest BCUT2D eigenvalue weighted by Gasteiger charge is 2.15. The molecule has 1 N–H and O–H groups in total. The summed E-state index contributed by atoms with van der Waals surface area (Å²) >= 11 is 1.26. The van der Waals surface area contributed by atoms with Crippen molar-refractivity contribution in [1.29, 1.82) is 0 Å². The maximum absolute atomic E-state index is 12.4. The number of carbonyl (C=O) groups is 2. The Labute approximate surface area is 190 Å². The van der Waals surface area contributed by atoms with Crippen LogP contribution in [0.1, 0.15) is 21.7 Å². The Hall–Kier alpha value is -3.59. The average molecular weight is 453 g/mol. The van der Waals surface area contributed by atoms with E-state index < -0.39 is 5.97 Å². The lowest BCUT2D eigenvalue weighted by Gasteiger charge is -2.10. The Balaban J connectivity index is 1.61. The fraction of sp³-hybridized carbons (Fsp3) is 0.217. The number of amides is 1. The number of thioether (sulfide) groups is 1. The number of anilines is 1. The highest BCUT2D eigenvalue weighted by Crippen LogP contribution is 2.20. The minimum Gasteiger partial charge on any atom is -0.486 e. The van der Waals surface area contributed by atoms with Crippen molar-refractivity contribution in [2.24, 2.45) is 0 Å². The number of nitrogens with one attached hydrogen (secondary N) is 1. The van der Waals surface area contributed by atoms with Gasteiger partial charge in [0.25, 0.3) is 0 Å². The molecule has 1 amide bonds. The van der Waals surface area contributed by atoms with Gasteiger partial charge in [0.05, 0.1) is 18.4 Å². The molecule has 3 rings (SSSR count). The van der Waals surface area contributed by atoms with Crippen molar-refractivity contribution in [2.45, 2.75) is 25.2 Å². The molecule has 1 heterocycles. The smallest absolute Gasteiger partial charge is 0.337 e. The summed E-state index contributed by atoms with van der Waals surface area (Å²) in [5, 5.41) is 11.8.